The number of hydrogen-bond donors (Lipinski definition) is 2. The van der Waals surface area contributed by atoms with Crippen molar-refractivity contribution in [1.29, 1.82) is 0 Å². The summed E-state index contributed by atoms with van der Waals surface area (Å²) < 4.78 is 0. The molecular formula is C13H20N2OS. The van der Waals surface area contributed by atoms with Crippen LogP contribution in [0.5, 0.6) is 0 Å². The number of amides is 1. The first-order chi connectivity index (χ1) is 8.02. The molecule has 1 unspecified atom stereocenters. The molecule has 1 atom stereocenters. The Hall–Kier alpha value is -1.16. The van der Waals surface area contributed by atoms with Crippen molar-refractivity contribution in [2.45, 2.75) is 13.8 Å². The molecule has 4 heteroatoms. The maximum Gasteiger partial charge on any atom is 0.251 e. The Morgan fingerprint density at radius 3 is 2.76 bits per heavy atom. The lowest BCUT2D eigenvalue weighted by Gasteiger charge is -2.11. The van der Waals surface area contributed by atoms with E-state index in [0.717, 1.165) is 11.3 Å². The van der Waals surface area contributed by atoms with Crippen LogP contribution in [0.1, 0.15) is 22.8 Å². The summed E-state index contributed by atoms with van der Waals surface area (Å²) in [6.07, 6.45) is 2.07. The van der Waals surface area contributed by atoms with Gasteiger partial charge in [0.1, 0.15) is 0 Å². The first kappa shape index (κ1) is 13.9. The van der Waals surface area contributed by atoms with E-state index in [1.807, 2.05) is 19.1 Å². The van der Waals surface area contributed by atoms with E-state index < -0.39 is 0 Å². The van der Waals surface area contributed by atoms with Gasteiger partial charge in [-0.3, -0.25) is 4.79 Å². The van der Waals surface area contributed by atoms with Gasteiger partial charge in [-0.15, -0.1) is 0 Å². The SMILES string of the molecule is CSCC(C)CNC(=O)c1cc(C)cc(N)c1. The highest BCUT2D eigenvalue weighted by atomic mass is 32.2. The fraction of sp³-hybridized carbons (Fsp3) is 0.462. The molecule has 1 amide bonds. The first-order valence-corrected chi connectivity index (χ1v) is 7.06. The van der Waals surface area contributed by atoms with Gasteiger partial charge >= 0.3 is 0 Å². The predicted octanol–water partition coefficient (Wildman–Crippen LogP) is 2.31. The minimum absolute atomic E-state index is 0.0478. The number of carbonyl (C=O) groups is 1. The van der Waals surface area contributed by atoms with Gasteiger partial charge < -0.3 is 11.1 Å². The highest BCUT2D eigenvalue weighted by Gasteiger charge is 2.08. The van der Waals surface area contributed by atoms with Crippen LogP contribution in [0.25, 0.3) is 0 Å². The molecule has 17 heavy (non-hydrogen) atoms. The van der Waals surface area contributed by atoms with Crippen LogP contribution in [0.3, 0.4) is 0 Å². The monoisotopic (exact) mass is 252 g/mol. The number of nitrogen functional groups attached to an aromatic ring is 1. The Balaban J connectivity index is 2.58. The lowest BCUT2D eigenvalue weighted by molar-refractivity contribution is 0.0949. The summed E-state index contributed by atoms with van der Waals surface area (Å²) >= 11 is 1.79. The van der Waals surface area contributed by atoms with Crippen LogP contribution in [-0.2, 0) is 0 Å². The Bertz CT molecular complexity index is 373. The third-order valence-corrected chi connectivity index (χ3v) is 3.33. The number of hydrogen-bond acceptors (Lipinski definition) is 3. The number of anilines is 1. The summed E-state index contributed by atoms with van der Waals surface area (Å²) in [5, 5.41) is 2.93. The van der Waals surface area contributed by atoms with Crippen LogP contribution in [0.4, 0.5) is 5.69 Å². The minimum Gasteiger partial charge on any atom is -0.399 e. The van der Waals surface area contributed by atoms with Crippen molar-refractivity contribution in [2.75, 3.05) is 24.3 Å². The van der Waals surface area contributed by atoms with E-state index in [2.05, 4.69) is 18.5 Å². The molecular weight excluding hydrogens is 232 g/mol. The van der Waals surface area contributed by atoms with Gasteiger partial charge in [0.15, 0.2) is 0 Å². The molecule has 3 N–H and O–H groups in total. The molecule has 0 saturated carbocycles. The van der Waals surface area contributed by atoms with Gasteiger partial charge in [-0.05, 0) is 48.6 Å². The topological polar surface area (TPSA) is 55.1 Å². The number of aryl methyl sites for hydroxylation is 1. The Kier molecular flexibility index (Phi) is 5.35. The summed E-state index contributed by atoms with van der Waals surface area (Å²) in [5.41, 5.74) is 7.99. The summed E-state index contributed by atoms with van der Waals surface area (Å²) in [6.45, 7) is 4.76. The van der Waals surface area contributed by atoms with Crippen molar-refractivity contribution >= 4 is 23.4 Å². The van der Waals surface area contributed by atoms with Crippen LogP contribution >= 0.6 is 11.8 Å². The molecule has 0 heterocycles. The van der Waals surface area contributed by atoms with Gasteiger partial charge in [-0.1, -0.05) is 6.92 Å². The van der Waals surface area contributed by atoms with Crippen molar-refractivity contribution in [2.24, 2.45) is 5.92 Å². The molecule has 94 valence electrons. The molecule has 0 aliphatic heterocycles. The smallest absolute Gasteiger partial charge is 0.251 e. The second-order valence-corrected chi connectivity index (χ2v) is 5.31. The van der Waals surface area contributed by atoms with E-state index in [4.69, 9.17) is 5.73 Å². The molecule has 3 nitrogen and oxygen atoms in total. The van der Waals surface area contributed by atoms with Crippen molar-refractivity contribution < 1.29 is 4.79 Å². The van der Waals surface area contributed by atoms with Gasteiger partial charge in [0.25, 0.3) is 5.91 Å². The molecule has 1 rings (SSSR count). The fourth-order valence-corrected chi connectivity index (χ4v) is 2.34. The van der Waals surface area contributed by atoms with Crippen molar-refractivity contribution in [3.05, 3.63) is 29.3 Å². The molecule has 0 radical (unpaired) electrons. The van der Waals surface area contributed by atoms with Gasteiger partial charge in [-0.25, -0.2) is 0 Å². The minimum atomic E-state index is -0.0478. The molecule has 0 aromatic heterocycles. The molecule has 0 saturated heterocycles. The van der Waals surface area contributed by atoms with Gasteiger partial charge in [0.05, 0.1) is 0 Å². The van der Waals surface area contributed by atoms with Gasteiger partial charge in [0, 0.05) is 17.8 Å². The normalized spacial score (nSPS) is 12.2. The van der Waals surface area contributed by atoms with E-state index in [1.54, 1.807) is 17.8 Å². The Labute approximate surface area is 107 Å². The Morgan fingerprint density at radius 2 is 2.18 bits per heavy atom. The molecule has 0 aliphatic rings. The third-order valence-electron chi connectivity index (χ3n) is 2.42. The van der Waals surface area contributed by atoms with E-state index in [1.165, 1.54) is 0 Å². The molecule has 0 fully saturated rings. The number of thioether (sulfide) groups is 1. The highest BCUT2D eigenvalue weighted by molar-refractivity contribution is 7.98. The number of benzene rings is 1. The second-order valence-electron chi connectivity index (χ2n) is 4.40. The predicted molar refractivity (Wildman–Crippen MR) is 75.5 cm³/mol. The van der Waals surface area contributed by atoms with Crippen molar-refractivity contribution in [3.8, 4) is 0 Å². The first-order valence-electron chi connectivity index (χ1n) is 5.67. The summed E-state index contributed by atoms with van der Waals surface area (Å²) in [4.78, 5) is 11.9. The van der Waals surface area contributed by atoms with Crippen LogP contribution in [-0.4, -0.2) is 24.5 Å². The highest BCUT2D eigenvalue weighted by Crippen LogP contribution is 2.11. The quantitative estimate of drug-likeness (QED) is 0.791. The number of nitrogens with one attached hydrogen (secondary N) is 1. The number of rotatable bonds is 5. The third kappa shape index (κ3) is 4.69. The van der Waals surface area contributed by atoms with E-state index in [-0.39, 0.29) is 5.91 Å². The zero-order valence-corrected chi connectivity index (χ0v) is 11.4. The Morgan fingerprint density at radius 1 is 1.47 bits per heavy atom. The van der Waals surface area contributed by atoms with Gasteiger partial charge in [0.2, 0.25) is 0 Å². The van der Waals surface area contributed by atoms with Crippen LogP contribution in [0.15, 0.2) is 18.2 Å². The van der Waals surface area contributed by atoms with Crippen LogP contribution < -0.4 is 11.1 Å². The maximum atomic E-state index is 11.9. The number of nitrogens with two attached hydrogens (primary N) is 1. The van der Waals surface area contributed by atoms with Gasteiger partial charge in [-0.2, -0.15) is 11.8 Å². The molecule has 1 aromatic carbocycles. The van der Waals surface area contributed by atoms with E-state index in [0.29, 0.717) is 23.7 Å². The molecule has 0 bridgehead atoms. The van der Waals surface area contributed by atoms with E-state index >= 15 is 0 Å². The number of carbonyl (C=O) groups excluding carboxylic acids is 1. The summed E-state index contributed by atoms with van der Waals surface area (Å²) in [5.74, 6) is 1.49. The van der Waals surface area contributed by atoms with Crippen LogP contribution in [0, 0.1) is 12.8 Å². The summed E-state index contributed by atoms with van der Waals surface area (Å²) in [7, 11) is 0. The lowest BCUT2D eigenvalue weighted by Crippen LogP contribution is -2.29. The maximum absolute atomic E-state index is 11.9. The molecule has 1 aromatic rings. The van der Waals surface area contributed by atoms with E-state index in [9.17, 15) is 4.79 Å². The largest absolute Gasteiger partial charge is 0.399 e. The lowest BCUT2D eigenvalue weighted by atomic mass is 10.1. The zero-order valence-electron chi connectivity index (χ0n) is 10.6. The molecule has 0 spiro atoms. The van der Waals surface area contributed by atoms with Crippen molar-refractivity contribution in [1.82, 2.24) is 5.32 Å². The van der Waals surface area contributed by atoms with Crippen LogP contribution in [0.2, 0.25) is 0 Å². The average molecular weight is 252 g/mol. The zero-order chi connectivity index (χ0) is 12.8. The summed E-state index contributed by atoms with van der Waals surface area (Å²) in [6, 6.07) is 5.42. The standard InChI is InChI=1S/C13H20N2OS/c1-9-4-11(6-12(14)5-9)13(16)15-7-10(2)8-17-3/h4-6,10H,7-8,14H2,1-3H3,(H,15,16). The fourth-order valence-electron chi connectivity index (χ4n) is 1.66. The average Bonchev–Trinajstić information content (AvgIpc) is 2.25. The second kappa shape index (κ2) is 6.55. The van der Waals surface area contributed by atoms with Crippen molar-refractivity contribution in [3.63, 3.8) is 0 Å². The molecule has 0 aliphatic carbocycles.